The minimum absolute atomic E-state index is 0.0709. The van der Waals surface area contributed by atoms with E-state index >= 15 is 0 Å². The number of carbonyl (C=O) groups excluding carboxylic acids is 2. The summed E-state index contributed by atoms with van der Waals surface area (Å²) in [7, 11) is 0. The third-order valence-electron chi connectivity index (χ3n) is 5.28. The highest BCUT2D eigenvalue weighted by Crippen LogP contribution is 2.18. The molecule has 2 N–H and O–H groups in total. The third-order valence-corrected chi connectivity index (χ3v) is 5.28. The van der Waals surface area contributed by atoms with Gasteiger partial charge in [0.2, 0.25) is 0 Å². The maximum Gasteiger partial charge on any atom is 0.409 e. The molecule has 154 valence electrons. The Morgan fingerprint density at radius 3 is 2.14 bits per heavy atom. The Hall–Kier alpha value is -2.86. The summed E-state index contributed by atoms with van der Waals surface area (Å²) in [4.78, 5) is 28.1. The average molecular weight is 397 g/mol. The van der Waals surface area contributed by atoms with Crippen LogP contribution in [0.4, 0.5) is 4.79 Å². The largest absolute Gasteiger partial charge is 0.450 e. The molecular formula is C23H30N3O3+. The predicted molar refractivity (Wildman–Crippen MR) is 111 cm³/mol. The average Bonchev–Trinajstić information content (AvgIpc) is 2.76. The molecule has 0 saturated carbocycles. The van der Waals surface area contributed by atoms with Crippen molar-refractivity contribution in [2.45, 2.75) is 19.9 Å². The molecule has 0 bridgehead atoms. The van der Waals surface area contributed by atoms with Crippen molar-refractivity contribution in [2.75, 3.05) is 39.3 Å². The lowest BCUT2D eigenvalue weighted by molar-refractivity contribution is -0.677. The van der Waals surface area contributed by atoms with Gasteiger partial charge in [-0.15, -0.1) is 0 Å². The second-order valence-corrected chi connectivity index (χ2v) is 7.31. The maximum absolute atomic E-state index is 12.8. The molecular weight excluding hydrogens is 366 g/mol. The number of aryl methyl sites for hydroxylation is 1. The van der Waals surface area contributed by atoms with Gasteiger partial charge in [0.15, 0.2) is 6.54 Å². The molecule has 0 aromatic heterocycles. The lowest BCUT2D eigenvalue weighted by Gasteiger charge is -2.33. The normalized spacial score (nSPS) is 15.1. The summed E-state index contributed by atoms with van der Waals surface area (Å²) in [5, 5.41) is 2.10. The van der Waals surface area contributed by atoms with Crippen LogP contribution in [0.5, 0.6) is 0 Å². The van der Waals surface area contributed by atoms with E-state index in [4.69, 9.17) is 4.74 Å². The molecule has 29 heavy (non-hydrogen) atoms. The van der Waals surface area contributed by atoms with Crippen LogP contribution >= 0.6 is 0 Å². The fraction of sp³-hybridized carbons (Fsp3) is 0.391. The zero-order chi connectivity index (χ0) is 20.6. The van der Waals surface area contributed by atoms with Crippen LogP contribution < -0.4 is 5.32 Å². The van der Waals surface area contributed by atoms with Crippen molar-refractivity contribution in [2.24, 2.45) is 0 Å². The number of rotatable bonds is 6. The van der Waals surface area contributed by atoms with E-state index in [1.807, 2.05) is 23.1 Å². The van der Waals surface area contributed by atoms with Crippen LogP contribution in [0.15, 0.2) is 54.6 Å². The molecule has 2 amide bonds. The van der Waals surface area contributed by atoms with E-state index in [2.05, 4.69) is 48.6 Å². The fourth-order valence-corrected chi connectivity index (χ4v) is 3.60. The molecule has 1 atom stereocenters. The quantitative estimate of drug-likeness (QED) is 0.812. The Morgan fingerprint density at radius 2 is 1.52 bits per heavy atom. The molecule has 6 heteroatoms. The number of benzene rings is 2. The SMILES string of the molecule is CCOC(=O)N1CCN(C(=O)C[NH2+][C@H](c2ccccc2)c2ccc(C)cc2)CC1. The van der Waals surface area contributed by atoms with Gasteiger partial charge in [0, 0.05) is 37.3 Å². The van der Waals surface area contributed by atoms with Gasteiger partial charge in [-0.25, -0.2) is 4.79 Å². The Morgan fingerprint density at radius 1 is 0.931 bits per heavy atom. The van der Waals surface area contributed by atoms with E-state index in [0.717, 1.165) is 0 Å². The number of nitrogens with zero attached hydrogens (tertiary/aromatic N) is 2. The smallest absolute Gasteiger partial charge is 0.409 e. The van der Waals surface area contributed by atoms with Crippen molar-refractivity contribution < 1.29 is 19.6 Å². The minimum atomic E-state index is -0.297. The van der Waals surface area contributed by atoms with Gasteiger partial charge in [0.05, 0.1) is 6.61 Å². The van der Waals surface area contributed by atoms with E-state index in [9.17, 15) is 9.59 Å². The molecule has 2 aromatic rings. The van der Waals surface area contributed by atoms with Crippen molar-refractivity contribution in [1.29, 1.82) is 0 Å². The zero-order valence-electron chi connectivity index (χ0n) is 17.2. The van der Waals surface area contributed by atoms with Crippen LogP contribution in [0.1, 0.15) is 29.7 Å². The molecule has 1 aliphatic rings. The van der Waals surface area contributed by atoms with Gasteiger partial charge in [-0.05, 0) is 13.8 Å². The van der Waals surface area contributed by atoms with Crippen molar-refractivity contribution in [3.05, 3.63) is 71.3 Å². The van der Waals surface area contributed by atoms with E-state index in [0.29, 0.717) is 39.3 Å². The number of carbonyl (C=O) groups is 2. The number of piperazine rings is 1. The van der Waals surface area contributed by atoms with Crippen molar-refractivity contribution in [3.8, 4) is 0 Å². The van der Waals surface area contributed by atoms with E-state index in [1.165, 1.54) is 16.7 Å². The molecule has 2 aromatic carbocycles. The molecule has 0 spiro atoms. The molecule has 3 rings (SSSR count). The molecule has 0 unspecified atom stereocenters. The van der Waals surface area contributed by atoms with Gasteiger partial charge < -0.3 is 19.9 Å². The maximum atomic E-state index is 12.8. The Balaban J connectivity index is 1.60. The Labute approximate surface area is 172 Å². The van der Waals surface area contributed by atoms with Crippen LogP contribution in [0, 0.1) is 6.92 Å². The number of quaternary nitrogens is 1. The Bertz CT molecular complexity index is 800. The first-order valence-corrected chi connectivity index (χ1v) is 10.2. The first-order chi connectivity index (χ1) is 14.1. The number of hydrogen-bond donors (Lipinski definition) is 1. The number of ether oxygens (including phenoxy) is 1. The Kier molecular flexibility index (Phi) is 7.25. The summed E-state index contributed by atoms with van der Waals surface area (Å²) in [6.45, 7) is 6.74. The summed E-state index contributed by atoms with van der Waals surface area (Å²) in [6, 6.07) is 18.8. The highest BCUT2D eigenvalue weighted by Gasteiger charge is 2.26. The van der Waals surface area contributed by atoms with Crippen LogP contribution in [0.3, 0.4) is 0 Å². The molecule has 6 nitrogen and oxygen atoms in total. The van der Waals surface area contributed by atoms with Crippen molar-refractivity contribution in [3.63, 3.8) is 0 Å². The summed E-state index contributed by atoms with van der Waals surface area (Å²) < 4.78 is 5.04. The molecule has 0 radical (unpaired) electrons. The number of hydrogen-bond acceptors (Lipinski definition) is 3. The van der Waals surface area contributed by atoms with Gasteiger partial charge in [0.25, 0.3) is 5.91 Å². The van der Waals surface area contributed by atoms with Crippen LogP contribution in [-0.4, -0.2) is 61.1 Å². The third kappa shape index (κ3) is 5.57. The topological polar surface area (TPSA) is 66.5 Å². The van der Waals surface area contributed by atoms with Gasteiger partial charge in [0.1, 0.15) is 6.04 Å². The van der Waals surface area contributed by atoms with Gasteiger partial charge in [-0.2, -0.15) is 0 Å². The summed E-state index contributed by atoms with van der Waals surface area (Å²) in [5.41, 5.74) is 3.58. The van der Waals surface area contributed by atoms with Crippen LogP contribution in [-0.2, 0) is 9.53 Å². The van der Waals surface area contributed by atoms with Gasteiger partial charge in [-0.1, -0.05) is 60.2 Å². The lowest BCUT2D eigenvalue weighted by Crippen LogP contribution is -2.88. The van der Waals surface area contributed by atoms with Gasteiger partial charge >= 0.3 is 6.09 Å². The van der Waals surface area contributed by atoms with Crippen LogP contribution in [0.2, 0.25) is 0 Å². The van der Waals surface area contributed by atoms with Gasteiger partial charge in [-0.3, -0.25) is 4.79 Å². The van der Waals surface area contributed by atoms with Crippen molar-refractivity contribution >= 4 is 12.0 Å². The van der Waals surface area contributed by atoms with Crippen molar-refractivity contribution in [1.82, 2.24) is 9.80 Å². The van der Waals surface area contributed by atoms with E-state index in [-0.39, 0.29) is 18.0 Å². The fourth-order valence-electron chi connectivity index (χ4n) is 3.60. The first-order valence-electron chi connectivity index (χ1n) is 10.2. The standard InChI is InChI=1S/C23H29N3O3/c1-3-29-23(28)26-15-13-25(14-16-26)21(27)17-24-22(19-7-5-4-6-8-19)20-11-9-18(2)10-12-20/h4-12,22,24H,3,13-17H2,1-2H3/p+1/t22-/m1/s1. The summed E-state index contributed by atoms with van der Waals surface area (Å²) in [6.07, 6.45) is -0.297. The summed E-state index contributed by atoms with van der Waals surface area (Å²) >= 11 is 0. The van der Waals surface area contributed by atoms with E-state index < -0.39 is 0 Å². The molecule has 1 aliphatic heterocycles. The van der Waals surface area contributed by atoms with Crippen LogP contribution in [0.25, 0.3) is 0 Å². The number of nitrogens with two attached hydrogens (primary N) is 1. The van der Waals surface area contributed by atoms with E-state index in [1.54, 1.807) is 11.8 Å². The second kappa shape index (κ2) is 10.1. The molecule has 1 saturated heterocycles. The highest BCUT2D eigenvalue weighted by atomic mass is 16.6. The lowest BCUT2D eigenvalue weighted by atomic mass is 9.98. The zero-order valence-corrected chi connectivity index (χ0v) is 17.2. The minimum Gasteiger partial charge on any atom is -0.450 e. The molecule has 0 aliphatic carbocycles. The first kappa shape index (κ1) is 20.9. The second-order valence-electron chi connectivity index (χ2n) is 7.31. The predicted octanol–water partition coefficient (Wildman–Crippen LogP) is 1.95. The molecule has 1 fully saturated rings. The molecule has 1 heterocycles. The highest BCUT2D eigenvalue weighted by molar-refractivity contribution is 5.77. The summed E-state index contributed by atoms with van der Waals surface area (Å²) in [5.74, 6) is 0.0987. The number of amides is 2. The monoisotopic (exact) mass is 396 g/mol.